The molecule has 0 N–H and O–H groups in total. The van der Waals surface area contributed by atoms with Gasteiger partial charge in [-0.05, 0) is 26.3 Å². The maximum absolute atomic E-state index is 12.9. The number of hydrazone groups is 1. The number of rotatable bonds is 2. The minimum absolute atomic E-state index is 0.0838. The van der Waals surface area contributed by atoms with E-state index >= 15 is 0 Å². The average molecular weight is 367 g/mol. The van der Waals surface area contributed by atoms with Crippen LogP contribution in [0.2, 0.25) is 0 Å². The van der Waals surface area contributed by atoms with Gasteiger partial charge in [0.2, 0.25) is 11.9 Å². The lowest BCUT2D eigenvalue weighted by atomic mass is 10.1. The molecule has 0 aliphatic carbocycles. The van der Waals surface area contributed by atoms with Crippen LogP contribution in [0.1, 0.15) is 25.0 Å². The first kappa shape index (κ1) is 17.4. The van der Waals surface area contributed by atoms with E-state index < -0.39 is 6.04 Å². The van der Waals surface area contributed by atoms with Crippen molar-refractivity contribution in [2.75, 3.05) is 14.1 Å². The lowest BCUT2D eigenvalue weighted by Gasteiger charge is -2.33. The van der Waals surface area contributed by atoms with Gasteiger partial charge in [-0.1, -0.05) is 34.8 Å². The van der Waals surface area contributed by atoms with Gasteiger partial charge < -0.3 is 0 Å². The molecule has 0 bridgehead atoms. The van der Waals surface area contributed by atoms with E-state index in [1.54, 1.807) is 7.05 Å². The maximum atomic E-state index is 12.9. The number of likely N-dealkylation sites (N-methyl/N-ethyl adjacent to an activating group) is 2. The van der Waals surface area contributed by atoms with E-state index in [-0.39, 0.29) is 18.0 Å². The van der Waals surface area contributed by atoms with Crippen molar-refractivity contribution < 1.29 is 14.2 Å². The molecule has 1 aromatic carbocycles. The van der Waals surface area contributed by atoms with Crippen LogP contribution in [0.15, 0.2) is 34.4 Å². The number of amides is 3. The number of urea groups is 1. The van der Waals surface area contributed by atoms with E-state index in [1.807, 2.05) is 30.4 Å². The summed E-state index contributed by atoms with van der Waals surface area (Å²) in [4.78, 5) is 32.4. The van der Waals surface area contributed by atoms with Gasteiger partial charge in [-0.15, -0.1) is 10.1 Å². The third kappa shape index (κ3) is 2.55. The second-order valence-electron chi connectivity index (χ2n) is 7.28. The Balaban J connectivity index is 1.76. The fourth-order valence-corrected chi connectivity index (χ4v) is 3.63. The van der Waals surface area contributed by atoms with Crippen molar-refractivity contribution in [1.29, 1.82) is 0 Å². The number of amidine groups is 1. The van der Waals surface area contributed by atoms with Gasteiger partial charge in [0.05, 0.1) is 5.71 Å². The highest BCUT2D eigenvalue weighted by Gasteiger charge is 2.55. The summed E-state index contributed by atoms with van der Waals surface area (Å²) in [5.74, 6) is 0.810. The quantitative estimate of drug-likeness (QED) is 0.739. The van der Waals surface area contributed by atoms with E-state index in [1.165, 1.54) is 17.5 Å². The molecule has 1 fully saturated rings. The van der Waals surface area contributed by atoms with Crippen molar-refractivity contribution >= 4 is 29.4 Å². The lowest BCUT2D eigenvalue weighted by molar-refractivity contribution is -0.559. The molecule has 3 aliphatic rings. The normalized spacial score (nSPS) is 24.9. The van der Waals surface area contributed by atoms with Crippen LogP contribution < -0.4 is 0 Å². The van der Waals surface area contributed by atoms with Crippen molar-refractivity contribution in [3.05, 3.63) is 35.4 Å². The monoisotopic (exact) mass is 367 g/mol. The molecule has 0 spiro atoms. The summed E-state index contributed by atoms with van der Waals surface area (Å²) in [5.41, 5.74) is 3.19. The molecule has 3 aliphatic heterocycles. The van der Waals surface area contributed by atoms with Gasteiger partial charge in [0.15, 0.2) is 0 Å². The molecular weight excluding hydrogens is 344 g/mol. The fourth-order valence-electron chi connectivity index (χ4n) is 3.63. The zero-order valence-corrected chi connectivity index (χ0v) is 16.2. The van der Waals surface area contributed by atoms with Gasteiger partial charge in [-0.3, -0.25) is 14.6 Å². The molecule has 140 valence electrons. The zero-order valence-electron chi connectivity index (χ0n) is 16.2. The van der Waals surface area contributed by atoms with Crippen LogP contribution >= 0.6 is 0 Å². The summed E-state index contributed by atoms with van der Waals surface area (Å²) >= 11 is 0. The molecule has 2 unspecified atom stereocenters. The molecule has 1 aromatic rings. The Labute approximate surface area is 158 Å². The van der Waals surface area contributed by atoms with Gasteiger partial charge in [0.25, 0.3) is 5.91 Å². The van der Waals surface area contributed by atoms with Crippen molar-refractivity contribution in [2.45, 2.75) is 39.4 Å². The number of imide groups is 1. The number of hydrogen-bond donors (Lipinski definition) is 0. The van der Waals surface area contributed by atoms with Crippen LogP contribution in [0.25, 0.3) is 0 Å². The van der Waals surface area contributed by atoms with Crippen LogP contribution in [0.4, 0.5) is 4.79 Å². The van der Waals surface area contributed by atoms with Gasteiger partial charge in [-0.2, -0.15) is 0 Å². The Morgan fingerprint density at radius 3 is 2.41 bits per heavy atom. The van der Waals surface area contributed by atoms with Gasteiger partial charge in [0, 0.05) is 14.1 Å². The number of carbonyl (C=O) groups is 2. The van der Waals surface area contributed by atoms with Gasteiger partial charge in [0.1, 0.15) is 12.6 Å². The third-order valence-electron chi connectivity index (χ3n) is 5.43. The van der Waals surface area contributed by atoms with Crippen molar-refractivity contribution in [2.24, 2.45) is 10.1 Å². The molecule has 8 nitrogen and oxygen atoms in total. The predicted octanol–water partition coefficient (Wildman–Crippen LogP) is 1.25. The van der Waals surface area contributed by atoms with E-state index in [0.717, 1.165) is 16.2 Å². The molecular formula is C19H23N6O2+. The first-order valence-electron chi connectivity index (χ1n) is 8.97. The number of hydrogen-bond acceptors (Lipinski definition) is 5. The number of guanidine groups is 1. The minimum Gasteiger partial charge on any atom is -0.270 e. The molecule has 4 rings (SSSR count). The Hall–Kier alpha value is -3.03. The first-order valence-corrected chi connectivity index (χ1v) is 8.97. The molecule has 8 heteroatoms. The smallest absolute Gasteiger partial charge is 0.270 e. The SMILES string of the molecule is CC1=NN(Cc2ccc(C)cc2)C2=[N+](C1C)C1C(=O)N(C)C(=O)N(C)C1=N2. The van der Waals surface area contributed by atoms with E-state index in [2.05, 4.69) is 29.3 Å². The number of carbonyl (C=O) groups excluding carboxylic acids is 2. The summed E-state index contributed by atoms with van der Waals surface area (Å²) in [5, 5.41) is 6.52. The molecule has 0 saturated carbocycles. The summed E-state index contributed by atoms with van der Waals surface area (Å²) in [6.45, 7) is 6.55. The number of nitrogens with zero attached hydrogens (tertiary/aromatic N) is 6. The average Bonchev–Trinajstić information content (AvgIpc) is 3.05. The van der Waals surface area contributed by atoms with Crippen LogP contribution in [-0.4, -0.2) is 75.0 Å². The molecule has 3 heterocycles. The highest BCUT2D eigenvalue weighted by Crippen LogP contribution is 2.25. The van der Waals surface area contributed by atoms with Crippen LogP contribution in [-0.2, 0) is 11.3 Å². The summed E-state index contributed by atoms with van der Waals surface area (Å²) in [6, 6.07) is 7.19. The number of fused-ring (bicyclic) bond motifs is 2. The van der Waals surface area contributed by atoms with E-state index in [0.29, 0.717) is 18.3 Å². The van der Waals surface area contributed by atoms with Crippen LogP contribution in [0.3, 0.4) is 0 Å². The largest absolute Gasteiger partial charge is 0.417 e. The minimum atomic E-state index is -0.603. The molecule has 2 atom stereocenters. The highest BCUT2D eigenvalue weighted by molar-refractivity contribution is 6.23. The van der Waals surface area contributed by atoms with Crippen molar-refractivity contribution in [1.82, 2.24) is 14.8 Å². The summed E-state index contributed by atoms with van der Waals surface area (Å²) in [7, 11) is 3.16. The first-order chi connectivity index (χ1) is 12.8. The molecule has 1 saturated heterocycles. The molecule has 27 heavy (non-hydrogen) atoms. The second kappa shape index (κ2) is 6.00. The Morgan fingerprint density at radius 2 is 1.74 bits per heavy atom. The van der Waals surface area contributed by atoms with Crippen molar-refractivity contribution in [3.63, 3.8) is 0 Å². The van der Waals surface area contributed by atoms with Crippen LogP contribution in [0.5, 0.6) is 0 Å². The standard InChI is InChI=1S/C19H23N6O2/c1-11-6-8-14(9-7-11)10-24-18-20-16-15(25(18)13(3)12(2)21-24)17(26)23(5)19(27)22(16)4/h6-9,13,15H,10H2,1-5H3/q+1. The fraction of sp³-hybridized carbons (Fsp3) is 0.421. The van der Waals surface area contributed by atoms with E-state index in [4.69, 9.17) is 5.10 Å². The van der Waals surface area contributed by atoms with E-state index in [9.17, 15) is 9.59 Å². The Morgan fingerprint density at radius 1 is 1.07 bits per heavy atom. The predicted molar refractivity (Wildman–Crippen MR) is 102 cm³/mol. The van der Waals surface area contributed by atoms with Gasteiger partial charge in [-0.25, -0.2) is 9.37 Å². The summed E-state index contributed by atoms with van der Waals surface area (Å²) in [6.07, 6.45) is 0. The van der Waals surface area contributed by atoms with Crippen LogP contribution in [0, 0.1) is 6.92 Å². The van der Waals surface area contributed by atoms with Gasteiger partial charge >= 0.3 is 12.0 Å². The number of aryl methyl sites for hydroxylation is 1. The zero-order chi connectivity index (χ0) is 19.5. The summed E-state index contributed by atoms with van der Waals surface area (Å²) < 4.78 is 1.97. The Bertz CT molecular complexity index is 930. The topological polar surface area (TPSA) is 71.6 Å². The molecule has 3 amide bonds. The third-order valence-corrected chi connectivity index (χ3v) is 5.43. The van der Waals surface area contributed by atoms with Crippen molar-refractivity contribution in [3.8, 4) is 0 Å². The molecule has 0 aromatic heterocycles. The Kier molecular flexibility index (Phi) is 3.87. The molecule has 0 radical (unpaired) electrons. The number of benzene rings is 1. The lowest BCUT2D eigenvalue weighted by Crippen LogP contribution is -2.63. The highest BCUT2D eigenvalue weighted by atomic mass is 16.2. The number of aliphatic imine (C=N–C) groups is 1. The maximum Gasteiger partial charge on any atom is 0.417 e. The second-order valence-corrected chi connectivity index (χ2v) is 7.28.